The maximum Gasteiger partial charge on any atom is 0.387 e. The average Bonchev–Trinajstić information content (AvgIpc) is 2.38. The summed E-state index contributed by atoms with van der Waals surface area (Å²) in [6, 6.07) is 6.25. The normalized spacial score (nSPS) is 17.4. The summed E-state index contributed by atoms with van der Waals surface area (Å²) >= 11 is 0. The summed E-state index contributed by atoms with van der Waals surface area (Å²) in [5, 5.41) is 10.2. The van der Waals surface area contributed by atoms with Crippen LogP contribution in [0.25, 0.3) is 0 Å². The second kappa shape index (κ2) is 5.96. The van der Waals surface area contributed by atoms with E-state index in [1.807, 2.05) is 6.08 Å². The lowest BCUT2D eigenvalue weighted by molar-refractivity contribution is -0.0499. The van der Waals surface area contributed by atoms with Crippen molar-refractivity contribution in [3.63, 3.8) is 0 Å². The van der Waals surface area contributed by atoms with E-state index in [-0.39, 0.29) is 5.75 Å². The van der Waals surface area contributed by atoms with E-state index < -0.39 is 12.7 Å². The van der Waals surface area contributed by atoms with Gasteiger partial charge in [-0.3, -0.25) is 0 Å². The second-order valence-corrected chi connectivity index (χ2v) is 4.38. The van der Waals surface area contributed by atoms with Gasteiger partial charge in [-0.15, -0.1) is 0 Å². The van der Waals surface area contributed by atoms with Crippen LogP contribution in [0, 0.1) is 0 Å². The van der Waals surface area contributed by atoms with Gasteiger partial charge in [0, 0.05) is 0 Å². The molecule has 1 aromatic carbocycles. The Hall–Kier alpha value is -1.42. The van der Waals surface area contributed by atoms with Gasteiger partial charge < -0.3 is 9.84 Å². The van der Waals surface area contributed by atoms with Crippen molar-refractivity contribution in [3.05, 3.63) is 41.5 Å². The molecule has 1 N–H and O–H groups in total. The topological polar surface area (TPSA) is 29.5 Å². The Morgan fingerprint density at radius 3 is 2.72 bits per heavy atom. The predicted octanol–water partition coefficient (Wildman–Crippen LogP) is 3.82. The Morgan fingerprint density at radius 2 is 2.06 bits per heavy atom. The Morgan fingerprint density at radius 1 is 1.22 bits per heavy atom. The molecule has 0 fully saturated rings. The quantitative estimate of drug-likeness (QED) is 0.828. The molecule has 0 spiro atoms. The van der Waals surface area contributed by atoms with Gasteiger partial charge in [-0.05, 0) is 49.0 Å². The highest BCUT2D eigenvalue weighted by Crippen LogP contribution is 2.31. The standard InChI is InChI=1S/C14H16F2O2/c15-14(16)18-12-8-4-7-11(9-12)13(17)10-5-2-1-3-6-10/h4-5,7-9,13-14,17H,1-3,6H2. The predicted molar refractivity (Wildman–Crippen MR) is 64.6 cm³/mol. The molecule has 0 heterocycles. The molecule has 0 saturated carbocycles. The first-order valence-electron chi connectivity index (χ1n) is 6.08. The molecule has 0 aromatic heterocycles. The van der Waals surface area contributed by atoms with Crippen LogP contribution in [0.3, 0.4) is 0 Å². The fourth-order valence-corrected chi connectivity index (χ4v) is 2.19. The fourth-order valence-electron chi connectivity index (χ4n) is 2.19. The van der Waals surface area contributed by atoms with Crippen LogP contribution in [0.4, 0.5) is 8.78 Å². The molecule has 1 aliphatic rings. The minimum Gasteiger partial charge on any atom is -0.435 e. The van der Waals surface area contributed by atoms with Gasteiger partial charge in [0.1, 0.15) is 11.9 Å². The SMILES string of the molecule is OC(C1=CCCCC1)c1cccc(OC(F)F)c1. The zero-order chi connectivity index (χ0) is 13.0. The Kier molecular flexibility index (Phi) is 4.31. The number of aliphatic hydroxyl groups is 1. The summed E-state index contributed by atoms with van der Waals surface area (Å²) in [7, 11) is 0. The van der Waals surface area contributed by atoms with Gasteiger partial charge in [0.2, 0.25) is 0 Å². The molecule has 1 aromatic rings. The van der Waals surface area contributed by atoms with Crippen molar-refractivity contribution in [1.82, 2.24) is 0 Å². The van der Waals surface area contributed by atoms with Crippen LogP contribution >= 0.6 is 0 Å². The molecule has 2 nitrogen and oxygen atoms in total. The van der Waals surface area contributed by atoms with Crippen molar-refractivity contribution in [1.29, 1.82) is 0 Å². The van der Waals surface area contributed by atoms with E-state index in [1.54, 1.807) is 12.1 Å². The minimum absolute atomic E-state index is 0.0814. The van der Waals surface area contributed by atoms with Gasteiger partial charge in [0.15, 0.2) is 0 Å². The van der Waals surface area contributed by atoms with E-state index in [0.29, 0.717) is 5.56 Å². The molecule has 0 bridgehead atoms. The molecular weight excluding hydrogens is 238 g/mol. The number of hydrogen-bond donors (Lipinski definition) is 1. The monoisotopic (exact) mass is 254 g/mol. The van der Waals surface area contributed by atoms with E-state index in [1.165, 1.54) is 12.1 Å². The Bertz CT molecular complexity index is 430. The van der Waals surface area contributed by atoms with Crippen LogP contribution in [0.2, 0.25) is 0 Å². The van der Waals surface area contributed by atoms with Gasteiger partial charge in [0.25, 0.3) is 0 Å². The molecule has 0 saturated heterocycles. The summed E-state index contributed by atoms with van der Waals surface area (Å²) in [6.07, 6.45) is 5.36. The summed E-state index contributed by atoms with van der Waals surface area (Å²) in [5.74, 6) is 0.0814. The lowest BCUT2D eigenvalue weighted by atomic mass is 9.92. The van der Waals surface area contributed by atoms with Crippen LogP contribution in [-0.2, 0) is 0 Å². The Balaban J connectivity index is 2.14. The molecular formula is C14H16F2O2. The number of allylic oxidation sites excluding steroid dienone is 1. The van der Waals surface area contributed by atoms with E-state index in [9.17, 15) is 13.9 Å². The highest BCUT2D eigenvalue weighted by molar-refractivity contribution is 5.34. The zero-order valence-electron chi connectivity index (χ0n) is 9.98. The molecule has 4 heteroatoms. The zero-order valence-corrected chi connectivity index (χ0v) is 9.98. The van der Waals surface area contributed by atoms with Crippen molar-refractivity contribution in [2.45, 2.75) is 38.4 Å². The second-order valence-electron chi connectivity index (χ2n) is 4.38. The number of halogens is 2. The maximum atomic E-state index is 12.1. The molecule has 1 aliphatic carbocycles. The van der Waals surface area contributed by atoms with Crippen molar-refractivity contribution in [2.75, 3.05) is 0 Å². The number of ether oxygens (including phenoxy) is 1. The van der Waals surface area contributed by atoms with Gasteiger partial charge in [-0.2, -0.15) is 8.78 Å². The van der Waals surface area contributed by atoms with Crippen LogP contribution in [0.1, 0.15) is 37.4 Å². The van der Waals surface area contributed by atoms with Crippen LogP contribution in [-0.4, -0.2) is 11.7 Å². The molecule has 0 aliphatic heterocycles. The third-order valence-corrected chi connectivity index (χ3v) is 3.08. The van der Waals surface area contributed by atoms with E-state index in [0.717, 1.165) is 31.3 Å². The number of benzene rings is 1. The van der Waals surface area contributed by atoms with Gasteiger partial charge in [0.05, 0.1) is 0 Å². The molecule has 98 valence electrons. The molecule has 1 atom stereocenters. The number of rotatable bonds is 4. The highest BCUT2D eigenvalue weighted by atomic mass is 19.3. The van der Waals surface area contributed by atoms with Crippen LogP contribution < -0.4 is 4.74 Å². The first kappa shape index (κ1) is 13.0. The smallest absolute Gasteiger partial charge is 0.387 e. The van der Waals surface area contributed by atoms with Gasteiger partial charge in [-0.25, -0.2) is 0 Å². The fraction of sp³-hybridized carbons (Fsp3) is 0.429. The molecule has 0 radical (unpaired) electrons. The average molecular weight is 254 g/mol. The number of hydrogen-bond acceptors (Lipinski definition) is 2. The van der Waals surface area contributed by atoms with Crippen molar-refractivity contribution >= 4 is 0 Å². The number of aliphatic hydroxyl groups excluding tert-OH is 1. The summed E-state index contributed by atoms with van der Waals surface area (Å²) in [5.41, 5.74) is 1.57. The van der Waals surface area contributed by atoms with Crippen molar-refractivity contribution in [3.8, 4) is 5.75 Å². The summed E-state index contributed by atoms with van der Waals surface area (Å²) < 4.78 is 28.6. The lowest BCUT2D eigenvalue weighted by Crippen LogP contribution is -2.06. The third-order valence-electron chi connectivity index (χ3n) is 3.08. The largest absolute Gasteiger partial charge is 0.435 e. The molecule has 2 rings (SSSR count). The summed E-state index contributed by atoms with van der Waals surface area (Å²) in [6.45, 7) is -2.84. The van der Waals surface area contributed by atoms with E-state index in [2.05, 4.69) is 4.74 Å². The molecule has 18 heavy (non-hydrogen) atoms. The van der Waals surface area contributed by atoms with E-state index >= 15 is 0 Å². The van der Waals surface area contributed by atoms with Crippen molar-refractivity contribution in [2.24, 2.45) is 0 Å². The van der Waals surface area contributed by atoms with Crippen LogP contribution in [0.15, 0.2) is 35.9 Å². The number of alkyl halides is 2. The minimum atomic E-state index is -2.84. The lowest BCUT2D eigenvalue weighted by Gasteiger charge is -2.19. The Labute approximate surface area is 105 Å². The highest BCUT2D eigenvalue weighted by Gasteiger charge is 2.16. The van der Waals surface area contributed by atoms with Gasteiger partial charge in [-0.1, -0.05) is 18.2 Å². The van der Waals surface area contributed by atoms with Crippen LogP contribution in [0.5, 0.6) is 5.75 Å². The molecule has 1 unspecified atom stereocenters. The van der Waals surface area contributed by atoms with Gasteiger partial charge >= 0.3 is 6.61 Å². The molecule has 0 amide bonds. The summed E-state index contributed by atoms with van der Waals surface area (Å²) in [4.78, 5) is 0. The third kappa shape index (κ3) is 3.29. The first-order chi connectivity index (χ1) is 8.66. The maximum absolute atomic E-state index is 12.1. The van der Waals surface area contributed by atoms with E-state index in [4.69, 9.17) is 0 Å². The first-order valence-corrected chi connectivity index (χ1v) is 6.08. The van der Waals surface area contributed by atoms with Crippen molar-refractivity contribution < 1.29 is 18.6 Å².